The average molecular weight is 306 g/mol. The highest BCUT2D eigenvalue weighted by molar-refractivity contribution is 6.26. The fourth-order valence-electron chi connectivity index (χ4n) is 4.12. The van der Waals surface area contributed by atoms with E-state index in [1.165, 1.54) is 49.5 Å². The van der Waals surface area contributed by atoms with E-state index in [4.69, 9.17) is 0 Å². The molecule has 6 rings (SSSR count). The molecule has 112 valence electrons. The van der Waals surface area contributed by atoms with E-state index >= 15 is 0 Å². The van der Waals surface area contributed by atoms with E-state index in [2.05, 4.69) is 88.2 Å². The fraction of sp³-hybridized carbons (Fsp3) is 0. The molecular weight excluding hydrogens is 292 g/mol. The van der Waals surface area contributed by atoms with E-state index < -0.39 is 0 Å². The topological polar surface area (TPSA) is 20.2 Å². The van der Waals surface area contributed by atoms with Crippen molar-refractivity contribution in [1.29, 1.82) is 0 Å². The molecule has 0 aliphatic carbocycles. The molecule has 2 nitrogen and oxygen atoms in total. The van der Waals surface area contributed by atoms with Gasteiger partial charge in [-0.1, -0.05) is 48.5 Å². The monoisotopic (exact) mass is 306 g/mol. The smallest absolute Gasteiger partial charge is 0.0562 e. The lowest BCUT2D eigenvalue weighted by atomic mass is 10.0. The Kier molecular flexibility index (Phi) is 2.12. The van der Waals surface area contributed by atoms with Crippen LogP contribution in [0.25, 0.3) is 49.5 Å². The Labute approximate surface area is 138 Å². The molecule has 0 radical (unpaired) electrons. The van der Waals surface area contributed by atoms with Crippen molar-refractivity contribution in [3.8, 4) is 11.3 Å². The number of hydrogen-bond donors (Lipinski definition) is 1. The third-order valence-electron chi connectivity index (χ3n) is 5.09. The molecule has 0 saturated heterocycles. The number of nitrogens with one attached hydrogen (secondary N) is 1. The van der Waals surface area contributed by atoms with E-state index in [9.17, 15) is 0 Å². The van der Waals surface area contributed by atoms with Gasteiger partial charge in [0.15, 0.2) is 0 Å². The summed E-state index contributed by atoms with van der Waals surface area (Å²) in [5, 5.41) is 3.97. The number of nitrogens with zero attached hydrogens (tertiary/aromatic N) is 1. The van der Waals surface area contributed by atoms with Crippen LogP contribution in [0.1, 0.15) is 0 Å². The lowest BCUT2D eigenvalue weighted by Gasteiger charge is -2.11. The van der Waals surface area contributed by atoms with Crippen molar-refractivity contribution in [3.05, 3.63) is 78.9 Å². The van der Waals surface area contributed by atoms with Crippen molar-refractivity contribution in [1.82, 2.24) is 9.38 Å². The summed E-state index contributed by atoms with van der Waals surface area (Å²) in [4.78, 5) is 3.57. The number of aromatic amines is 1. The zero-order chi connectivity index (χ0) is 15.7. The molecule has 1 N–H and O–H groups in total. The molecular formula is C22H14N2. The van der Waals surface area contributed by atoms with E-state index in [1.54, 1.807) is 0 Å². The SMILES string of the molecule is c1ccc(-c2ccc3c4cccc5[nH]c6cccc(c6c54)n23)cc1. The molecule has 3 aromatic heterocycles. The maximum atomic E-state index is 3.57. The van der Waals surface area contributed by atoms with Crippen LogP contribution in [-0.2, 0) is 0 Å². The quantitative estimate of drug-likeness (QED) is 0.369. The Morgan fingerprint density at radius 3 is 2.25 bits per heavy atom. The summed E-state index contributed by atoms with van der Waals surface area (Å²) in [7, 11) is 0. The maximum absolute atomic E-state index is 3.57. The number of hydrogen-bond acceptors (Lipinski definition) is 0. The fourth-order valence-corrected chi connectivity index (χ4v) is 4.12. The first-order valence-corrected chi connectivity index (χ1v) is 8.23. The number of fused-ring (bicyclic) bond motifs is 3. The minimum absolute atomic E-state index is 1.20. The van der Waals surface area contributed by atoms with Crippen molar-refractivity contribution in [3.63, 3.8) is 0 Å². The largest absolute Gasteiger partial charge is 0.354 e. The van der Waals surface area contributed by atoms with Gasteiger partial charge in [0, 0.05) is 27.2 Å². The number of H-pyrrole nitrogens is 1. The Balaban J connectivity index is 1.95. The number of benzene rings is 3. The lowest BCUT2D eigenvalue weighted by molar-refractivity contribution is 1.29. The van der Waals surface area contributed by atoms with Crippen LogP contribution in [0.3, 0.4) is 0 Å². The summed E-state index contributed by atoms with van der Waals surface area (Å²) in [5.41, 5.74) is 7.42. The maximum Gasteiger partial charge on any atom is 0.0562 e. The van der Waals surface area contributed by atoms with Crippen LogP contribution in [0.4, 0.5) is 0 Å². The molecule has 3 aromatic carbocycles. The van der Waals surface area contributed by atoms with Gasteiger partial charge in [-0.05, 0) is 35.9 Å². The van der Waals surface area contributed by atoms with Gasteiger partial charge in [-0.25, -0.2) is 0 Å². The van der Waals surface area contributed by atoms with Crippen molar-refractivity contribution in [2.24, 2.45) is 0 Å². The van der Waals surface area contributed by atoms with E-state index in [-0.39, 0.29) is 0 Å². The van der Waals surface area contributed by atoms with Crippen LogP contribution in [0.5, 0.6) is 0 Å². The Bertz CT molecular complexity index is 1340. The second kappa shape index (κ2) is 4.18. The molecule has 24 heavy (non-hydrogen) atoms. The Hall–Kier alpha value is -3.26. The highest BCUT2D eigenvalue weighted by Crippen LogP contribution is 2.39. The Morgan fingerprint density at radius 2 is 1.38 bits per heavy atom. The molecule has 0 amide bonds. The van der Waals surface area contributed by atoms with Gasteiger partial charge in [0.2, 0.25) is 0 Å². The normalized spacial score (nSPS) is 12.2. The zero-order valence-electron chi connectivity index (χ0n) is 13.0. The molecule has 0 fully saturated rings. The van der Waals surface area contributed by atoms with Crippen molar-refractivity contribution < 1.29 is 0 Å². The molecule has 3 heterocycles. The summed E-state index contributed by atoms with van der Waals surface area (Å²) >= 11 is 0. The molecule has 6 aromatic rings. The van der Waals surface area contributed by atoms with E-state index in [1.807, 2.05) is 0 Å². The molecule has 0 aliphatic rings. The predicted molar refractivity (Wildman–Crippen MR) is 101 cm³/mol. The van der Waals surface area contributed by atoms with Gasteiger partial charge >= 0.3 is 0 Å². The summed E-state index contributed by atoms with van der Waals surface area (Å²) in [6, 6.07) is 28.1. The second-order valence-corrected chi connectivity index (χ2v) is 6.36. The van der Waals surface area contributed by atoms with Gasteiger partial charge in [0.1, 0.15) is 0 Å². The standard InChI is InChI=1S/C22H14N2/c1-2-6-14(7-3-1)18-12-13-19-15-8-4-9-16-21(15)22-17(23-16)10-5-11-20(22)24(18)19/h1-13,23H. The number of rotatable bonds is 1. The summed E-state index contributed by atoms with van der Waals surface area (Å²) in [6.07, 6.45) is 0. The molecule has 0 bridgehead atoms. The first-order valence-electron chi connectivity index (χ1n) is 8.23. The molecule has 0 atom stereocenters. The first-order chi connectivity index (χ1) is 11.9. The van der Waals surface area contributed by atoms with Crippen LogP contribution in [0, 0.1) is 0 Å². The first kappa shape index (κ1) is 12.2. The average Bonchev–Trinajstić information content (AvgIpc) is 3.24. The van der Waals surface area contributed by atoms with Crippen LogP contribution in [0.15, 0.2) is 78.9 Å². The van der Waals surface area contributed by atoms with Crippen molar-refractivity contribution in [2.45, 2.75) is 0 Å². The minimum atomic E-state index is 1.20. The molecule has 0 unspecified atom stereocenters. The summed E-state index contributed by atoms with van der Waals surface area (Å²) in [6.45, 7) is 0. The molecule has 0 saturated carbocycles. The lowest BCUT2D eigenvalue weighted by Crippen LogP contribution is -1.92. The van der Waals surface area contributed by atoms with Crippen LogP contribution in [-0.4, -0.2) is 9.38 Å². The predicted octanol–water partition coefficient (Wildman–Crippen LogP) is 5.83. The second-order valence-electron chi connectivity index (χ2n) is 6.36. The van der Waals surface area contributed by atoms with Crippen molar-refractivity contribution >= 4 is 38.2 Å². The highest BCUT2D eigenvalue weighted by atomic mass is 14.9. The van der Waals surface area contributed by atoms with Gasteiger partial charge in [-0.15, -0.1) is 0 Å². The molecule has 2 heteroatoms. The van der Waals surface area contributed by atoms with Gasteiger partial charge < -0.3 is 9.38 Å². The van der Waals surface area contributed by atoms with Crippen LogP contribution in [0.2, 0.25) is 0 Å². The van der Waals surface area contributed by atoms with E-state index in [0.717, 1.165) is 0 Å². The number of pyridine rings is 1. The minimum Gasteiger partial charge on any atom is -0.354 e. The third kappa shape index (κ3) is 1.36. The van der Waals surface area contributed by atoms with Crippen molar-refractivity contribution in [2.75, 3.05) is 0 Å². The van der Waals surface area contributed by atoms with Crippen LogP contribution < -0.4 is 0 Å². The molecule has 0 spiro atoms. The van der Waals surface area contributed by atoms with Crippen LogP contribution >= 0.6 is 0 Å². The zero-order valence-corrected chi connectivity index (χ0v) is 13.0. The number of aromatic nitrogens is 2. The third-order valence-corrected chi connectivity index (χ3v) is 5.09. The molecule has 0 aliphatic heterocycles. The van der Waals surface area contributed by atoms with Gasteiger partial charge in [0.25, 0.3) is 0 Å². The summed E-state index contributed by atoms with van der Waals surface area (Å²) < 4.78 is 2.40. The van der Waals surface area contributed by atoms with Gasteiger partial charge in [-0.2, -0.15) is 0 Å². The highest BCUT2D eigenvalue weighted by Gasteiger charge is 2.17. The van der Waals surface area contributed by atoms with Gasteiger partial charge in [-0.3, -0.25) is 0 Å². The van der Waals surface area contributed by atoms with Gasteiger partial charge in [0.05, 0.1) is 16.7 Å². The van der Waals surface area contributed by atoms with E-state index in [0.29, 0.717) is 0 Å². The Morgan fingerprint density at radius 1 is 0.583 bits per heavy atom. The summed E-state index contributed by atoms with van der Waals surface area (Å²) in [5.74, 6) is 0.